The van der Waals surface area contributed by atoms with E-state index in [-0.39, 0.29) is 18.1 Å². The number of aliphatic hydroxyl groups is 1. The first-order chi connectivity index (χ1) is 10.6. The Morgan fingerprint density at radius 1 is 1.50 bits per heavy atom. The Kier molecular flexibility index (Phi) is 5.97. The van der Waals surface area contributed by atoms with Gasteiger partial charge in [0.25, 0.3) is 0 Å². The fourth-order valence-corrected chi connectivity index (χ4v) is 2.93. The summed E-state index contributed by atoms with van der Waals surface area (Å²) in [5.41, 5.74) is 0. The molecule has 2 aromatic heterocycles. The summed E-state index contributed by atoms with van der Waals surface area (Å²) in [4.78, 5) is 16.3. The van der Waals surface area contributed by atoms with Crippen LogP contribution in [0.25, 0.3) is 0 Å². The summed E-state index contributed by atoms with van der Waals surface area (Å²) < 4.78 is 5.15. The van der Waals surface area contributed by atoms with Gasteiger partial charge in [0.2, 0.25) is 0 Å². The van der Waals surface area contributed by atoms with Crippen LogP contribution in [0, 0.1) is 0 Å². The summed E-state index contributed by atoms with van der Waals surface area (Å²) >= 11 is 1.52. The number of urea groups is 1. The van der Waals surface area contributed by atoms with Gasteiger partial charge >= 0.3 is 6.03 Å². The maximum Gasteiger partial charge on any atom is 0.315 e. The number of carbonyl (C=O) groups is 1. The predicted molar refractivity (Wildman–Crippen MR) is 84.6 cm³/mol. The molecule has 3 N–H and O–H groups in total. The van der Waals surface area contributed by atoms with Crippen molar-refractivity contribution in [2.45, 2.75) is 44.9 Å². The summed E-state index contributed by atoms with van der Waals surface area (Å²) in [7, 11) is 0. The van der Waals surface area contributed by atoms with Gasteiger partial charge in [0.1, 0.15) is 16.9 Å². The van der Waals surface area contributed by atoms with Gasteiger partial charge in [-0.15, -0.1) is 11.3 Å². The van der Waals surface area contributed by atoms with E-state index in [0.29, 0.717) is 12.2 Å². The highest BCUT2D eigenvalue weighted by Crippen LogP contribution is 2.20. The predicted octanol–water partition coefficient (Wildman–Crippen LogP) is 3.00. The van der Waals surface area contributed by atoms with Gasteiger partial charge in [-0.3, -0.25) is 0 Å². The van der Waals surface area contributed by atoms with Crippen LogP contribution in [0.1, 0.15) is 49.6 Å². The first-order valence-corrected chi connectivity index (χ1v) is 8.16. The number of amides is 2. The van der Waals surface area contributed by atoms with Gasteiger partial charge in [0.05, 0.1) is 12.3 Å². The van der Waals surface area contributed by atoms with Crippen LogP contribution in [0.2, 0.25) is 0 Å². The maximum absolute atomic E-state index is 12.0. The van der Waals surface area contributed by atoms with E-state index < -0.39 is 6.10 Å². The Labute approximate surface area is 133 Å². The Bertz CT molecular complexity index is 557. The molecule has 0 aromatic carbocycles. The van der Waals surface area contributed by atoms with E-state index >= 15 is 0 Å². The lowest BCUT2D eigenvalue weighted by Gasteiger charge is -2.20. The normalized spacial score (nSPS) is 15.0. The largest absolute Gasteiger partial charge is 0.467 e. The molecule has 3 unspecified atom stereocenters. The lowest BCUT2D eigenvalue weighted by Crippen LogP contribution is -2.42. The van der Waals surface area contributed by atoms with Crippen molar-refractivity contribution in [3.8, 4) is 0 Å². The van der Waals surface area contributed by atoms with Crippen molar-refractivity contribution in [3.63, 3.8) is 0 Å². The summed E-state index contributed by atoms with van der Waals surface area (Å²) in [6, 6.07) is 2.90. The number of furan rings is 1. The number of thiazole rings is 1. The van der Waals surface area contributed by atoms with Gasteiger partial charge in [0, 0.05) is 24.0 Å². The van der Waals surface area contributed by atoms with E-state index in [1.54, 1.807) is 18.3 Å². The van der Waals surface area contributed by atoms with Crippen LogP contribution in [-0.2, 0) is 0 Å². The lowest BCUT2D eigenvalue weighted by molar-refractivity contribution is 0.129. The second kappa shape index (κ2) is 7.95. The second-order valence-electron chi connectivity index (χ2n) is 5.12. The molecule has 0 radical (unpaired) electrons. The van der Waals surface area contributed by atoms with Crippen molar-refractivity contribution in [2.24, 2.45) is 0 Å². The van der Waals surface area contributed by atoms with E-state index in [9.17, 15) is 9.90 Å². The van der Waals surface area contributed by atoms with Crippen molar-refractivity contribution in [1.29, 1.82) is 0 Å². The number of nitrogens with zero attached hydrogens (tertiary/aromatic N) is 1. The smallest absolute Gasteiger partial charge is 0.315 e. The summed E-state index contributed by atoms with van der Waals surface area (Å²) in [5.74, 6) is 0.503. The van der Waals surface area contributed by atoms with Gasteiger partial charge in [0.15, 0.2) is 0 Å². The van der Waals surface area contributed by atoms with E-state index in [2.05, 4.69) is 15.6 Å². The van der Waals surface area contributed by atoms with Crippen LogP contribution in [0.4, 0.5) is 4.79 Å². The van der Waals surface area contributed by atoms with Gasteiger partial charge in [-0.25, -0.2) is 9.78 Å². The third-order valence-corrected chi connectivity index (χ3v) is 4.18. The van der Waals surface area contributed by atoms with Crippen molar-refractivity contribution >= 4 is 17.4 Å². The third kappa shape index (κ3) is 4.57. The molecule has 0 aliphatic heterocycles. The maximum atomic E-state index is 12.0. The average molecular weight is 323 g/mol. The molecule has 6 nitrogen and oxygen atoms in total. The van der Waals surface area contributed by atoms with Crippen molar-refractivity contribution in [1.82, 2.24) is 15.6 Å². The average Bonchev–Trinajstić information content (AvgIpc) is 3.17. The topological polar surface area (TPSA) is 87.4 Å². The number of rotatable bonds is 7. The van der Waals surface area contributed by atoms with Crippen LogP contribution in [0.15, 0.2) is 34.4 Å². The third-order valence-electron chi connectivity index (χ3n) is 3.29. The number of carbonyl (C=O) groups excluding carboxylic acids is 1. The number of nitrogens with one attached hydrogen (secondary N) is 2. The molecule has 2 amide bonds. The fourth-order valence-electron chi connectivity index (χ4n) is 2.16. The number of aliphatic hydroxyl groups excluding tert-OH is 1. The van der Waals surface area contributed by atoms with E-state index in [0.717, 1.165) is 11.4 Å². The quantitative estimate of drug-likeness (QED) is 0.731. The molecule has 0 saturated heterocycles. The Morgan fingerprint density at radius 2 is 2.32 bits per heavy atom. The van der Waals surface area contributed by atoms with Crippen LogP contribution in [0.5, 0.6) is 0 Å². The number of aromatic nitrogens is 1. The number of hydrogen-bond donors (Lipinski definition) is 3. The fraction of sp³-hybridized carbons (Fsp3) is 0.467. The Morgan fingerprint density at radius 3 is 2.91 bits per heavy atom. The number of hydrogen-bond acceptors (Lipinski definition) is 5. The minimum Gasteiger partial charge on any atom is -0.467 e. The molecular formula is C15H21N3O3S. The SMILES string of the molecule is CCC(NC(=O)NC(C)CC(O)c1ccco1)c1nccs1. The summed E-state index contributed by atoms with van der Waals surface area (Å²) in [5, 5.41) is 18.5. The molecule has 2 aromatic rings. The summed E-state index contributed by atoms with van der Waals surface area (Å²) in [6.07, 6.45) is 3.67. The molecule has 22 heavy (non-hydrogen) atoms. The van der Waals surface area contributed by atoms with Crippen molar-refractivity contribution in [3.05, 3.63) is 40.7 Å². The van der Waals surface area contributed by atoms with Gasteiger partial charge < -0.3 is 20.2 Å². The first kappa shape index (κ1) is 16.5. The van der Waals surface area contributed by atoms with Crippen LogP contribution in [-0.4, -0.2) is 22.2 Å². The molecule has 0 bridgehead atoms. The minimum atomic E-state index is -0.730. The molecule has 2 rings (SSSR count). The lowest BCUT2D eigenvalue weighted by atomic mass is 10.1. The van der Waals surface area contributed by atoms with Crippen LogP contribution >= 0.6 is 11.3 Å². The molecule has 2 heterocycles. The van der Waals surface area contributed by atoms with E-state index in [1.807, 2.05) is 19.2 Å². The summed E-state index contributed by atoms with van der Waals surface area (Å²) in [6.45, 7) is 3.84. The van der Waals surface area contributed by atoms with Crippen molar-refractivity contribution in [2.75, 3.05) is 0 Å². The molecule has 3 atom stereocenters. The first-order valence-electron chi connectivity index (χ1n) is 7.28. The molecule has 120 valence electrons. The van der Waals surface area contributed by atoms with Gasteiger partial charge in [-0.1, -0.05) is 6.92 Å². The standard InChI is InChI=1S/C15H21N3O3S/c1-3-11(14-16-6-8-22-14)18-15(20)17-10(2)9-12(19)13-5-4-7-21-13/h4-8,10-12,19H,3,9H2,1-2H3,(H2,17,18,20). The molecule has 0 aliphatic rings. The molecule has 0 fully saturated rings. The zero-order valence-electron chi connectivity index (χ0n) is 12.7. The molecule has 0 aliphatic carbocycles. The second-order valence-corrected chi connectivity index (χ2v) is 6.04. The molecule has 0 spiro atoms. The molecule has 0 saturated carbocycles. The molecular weight excluding hydrogens is 302 g/mol. The molecule has 7 heteroatoms. The Balaban J connectivity index is 1.80. The highest BCUT2D eigenvalue weighted by atomic mass is 32.1. The minimum absolute atomic E-state index is 0.0952. The zero-order chi connectivity index (χ0) is 15.9. The van der Waals surface area contributed by atoms with Crippen LogP contribution < -0.4 is 10.6 Å². The highest BCUT2D eigenvalue weighted by molar-refractivity contribution is 7.09. The van der Waals surface area contributed by atoms with Gasteiger partial charge in [-0.05, 0) is 25.5 Å². The van der Waals surface area contributed by atoms with E-state index in [1.165, 1.54) is 17.6 Å². The monoisotopic (exact) mass is 323 g/mol. The van der Waals surface area contributed by atoms with Gasteiger partial charge in [-0.2, -0.15) is 0 Å². The van der Waals surface area contributed by atoms with E-state index in [4.69, 9.17) is 4.42 Å². The highest BCUT2D eigenvalue weighted by Gasteiger charge is 2.19. The van der Waals surface area contributed by atoms with Crippen molar-refractivity contribution < 1.29 is 14.3 Å². The van der Waals surface area contributed by atoms with Crippen LogP contribution in [0.3, 0.4) is 0 Å². The Hall–Kier alpha value is -1.86. The zero-order valence-corrected chi connectivity index (χ0v) is 13.5.